The van der Waals surface area contributed by atoms with E-state index in [4.69, 9.17) is 0 Å². The maximum Gasteiger partial charge on any atom is 0.251 e. The minimum Gasteiger partial charge on any atom is -0.383 e. The predicted octanol–water partition coefficient (Wildman–Crippen LogP) is 4.16. The lowest BCUT2D eigenvalue weighted by Gasteiger charge is -2.31. The van der Waals surface area contributed by atoms with Crippen LogP contribution in [0, 0.1) is 0 Å². The van der Waals surface area contributed by atoms with Crippen molar-refractivity contribution < 1.29 is 0 Å². The first-order chi connectivity index (χ1) is 10.8. The molecule has 1 N–H and O–H groups in total. The Morgan fingerprint density at radius 3 is 2.95 bits per heavy atom. The van der Waals surface area contributed by atoms with Crippen molar-refractivity contribution in [1.29, 1.82) is 0 Å². The van der Waals surface area contributed by atoms with E-state index < -0.39 is 0 Å². The molecule has 1 aromatic carbocycles. The van der Waals surface area contributed by atoms with Gasteiger partial charge in [0, 0.05) is 25.3 Å². The van der Waals surface area contributed by atoms with Crippen LogP contribution in [0.15, 0.2) is 27.9 Å². The molecule has 0 spiro atoms. The Balaban J connectivity index is 1.97. The first-order valence-electron chi connectivity index (χ1n) is 7.65. The SMILES string of the molecule is CCNc1cc2c(cc1N=Nc1nncs1)CCCN2CC. The lowest BCUT2D eigenvalue weighted by Crippen LogP contribution is -2.29. The molecule has 0 bridgehead atoms. The van der Waals surface area contributed by atoms with Crippen molar-refractivity contribution in [2.45, 2.75) is 26.7 Å². The van der Waals surface area contributed by atoms with Crippen LogP contribution >= 0.6 is 11.3 Å². The summed E-state index contributed by atoms with van der Waals surface area (Å²) >= 11 is 1.38. The number of nitrogens with one attached hydrogen (secondary N) is 1. The third-order valence-corrected chi connectivity index (χ3v) is 4.33. The Bertz CT molecular complexity index is 652. The molecule has 0 aliphatic carbocycles. The minimum absolute atomic E-state index is 0.579. The summed E-state index contributed by atoms with van der Waals surface area (Å²) in [5.74, 6) is 0. The van der Waals surface area contributed by atoms with Crippen LogP contribution in [0.3, 0.4) is 0 Å². The molecule has 22 heavy (non-hydrogen) atoms. The summed E-state index contributed by atoms with van der Waals surface area (Å²) in [6.07, 6.45) is 2.29. The number of fused-ring (bicyclic) bond motifs is 1. The summed E-state index contributed by atoms with van der Waals surface area (Å²) in [5, 5.41) is 20.2. The molecule has 2 aromatic rings. The van der Waals surface area contributed by atoms with Crippen LogP contribution in [0.25, 0.3) is 0 Å². The minimum atomic E-state index is 0.579. The van der Waals surface area contributed by atoms with Crippen LogP contribution in [0.4, 0.5) is 22.2 Å². The fourth-order valence-electron chi connectivity index (χ4n) is 2.75. The molecule has 6 nitrogen and oxygen atoms in total. The number of anilines is 2. The van der Waals surface area contributed by atoms with Gasteiger partial charge in [-0.15, -0.1) is 20.4 Å². The van der Waals surface area contributed by atoms with Crippen LogP contribution in [0.5, 0.6) is 0 Å². The van der Waals surface area contributed by atoms with Crippen LogP contribution in [0.2, 0.25) is 0 Å². The smallest absolute Gasteiger partial charge is 0.251 e. The van der Waals surface area contributed by atoms with Crippen LogP contribution in [-0.2, 0) is 6.42 Å². The van der Waals surface area contributed by atoms with E-state index in [1.54, 1.807) is 5.51 Å². The van der Waals surface area contributed by atoms with E-state index in [2.05, 4.69) is 56.6 Å². The fourth-order valence-corrected chi connectivity index (χ4v) is 3.12. The number of hydrogen-bond acceptors (Lipinski definition) is 7. The quantitative estimate of drug-likeness (QED) is 0.841. The Hall–Kier alpha value is -2.02. The fraction of sp³-hybridized carbons (Fsp3) is 0.467. The number of aryl methyl sites for hydroxylation is 1. The molecule has 1 aliphatic heterocycles. The van der Waals surface area contributed by atoms with E-state index in [1.165, 1.54) is 29.0 Å². The molecule has 0 fully saturated rings. The van der Waals surface area contributed by atoms with E-state index in [-0.39, 0.29) is 0 Å². The molecule has 1 aromatic heterocycles. The van der Waals surface area contributed by atoms with Crippen molar-refractivity contribution in [3.63, 3.8) is 0 Å². The number of rotatable bonds is 5. The molecule has 0 saturated carbocycles. The summed E-state index contributed by atoms with van der Waals surface area (Å²) in [5.41, 5.74) is 6.22. The summed E-state index contributed by atoms with van der Waals surface area (Å²) in [6, 6.07) is 4.36. The topological polar surface area (TPSA) is 65.8 Å². The second kappa shape index (κ2) is 6.83. The van der Waals surface area contributed by atoms with Gasteiger partial charge in [-0.2, -0.15) is 0 Å². The maximum absolute atomic E-state index is 4.38. The molecule has 2 heterocycles. The number of hydrogen-bond donors (Lipinski definition) is 1. The molecular formula is C15H20N6S. The zero-order chi connectivity index (χ0) is 15.4. The van der Waals surface area contributed by atoms with Crippen LogP contribution < -0.4 is 10.2 Å². The van der Waals surface area contributed by atoms with Gasteiger partial charge in [0.25, 0.3) is 5.13 Å². The Morgan fingerprint density at radius 2 is 2.23 bits per heavy atom. The first-order valence-corrected chi connectivity index (χ1v) is 8.53. The molecule has 0 radical (unpaired) electrons. The number of aromatic nitrogens is 2. The van der Waals surface area contributed by atoms with Gasteiger partial charge in [-0.05, 0) is 44.4 Å². The highest BCUT2D eigenvalue weighted by Gasteiger charge is 2.18. The van der Waals surface area contributed by atoms with Gasteiger partial charge in [-0.1, -0.05) is 11.3 Å². The lowest BCUT2D eigenvalue weighted by molar-refractivity contribution is 0.708. The molecule has 0 saturated heterocycles. The molecule has 0 atom stereocenters. The average molecular weight is 316 g/mol. The maximum atomic E-state index is 4.38. The van der Waals surface area contributed by atoms with Crippen LogP contribution in [0.1, 0.15) is 25.8 Å². The third-order valence-electron chi connectivity index (χ3n) is 3.75. The number of azo groups is 1. The second-order valence-corrected chi connectivity index (χ2v) is 5.94. The Labute approximate surface area is 134 Å². The molecule has 0 amide bonds. The van der Waals surface area contributed by atoms with Crippen LogP contribution in [-0.4, -0.2) is 29.8 Å². The molecule has 116 valence electrons. The van der Waals surface area contributed by atoms with Crippen molar-refractivity contribution in [2.75, 3.05) is 29.9 Å². The van der Waals surface area contributed by atoms with E-state index in [9.17, 15) is 0 Å². The van der Waals surface area contributed by atoms with Gasteiger partial charge in [0.15, 0.2) is 0 Å². The van der Waals surface area contributed by atoms with Crippen molar-refractivity contribution in [2.24, 2.45) is 10.2 Å². The molecule has 1 aliphatic rings. The predicted molar refractivity (Wildman–Crippen MR) is 90.9 cm³/mol. The Morgan fingerprint density at radius 1 is 1.32 bits per heavy atom. The zero-order valence-corrected chi connectivity index (χ0v) is 13.7. The number of nitrogens with zero attached hydrogens (tertiary/aromatic N) is 5. The van der Waals surface area contributed by atoms with Gasteiger partial charge < -0.3 is 10.2 Å². The van der Waals surface area contributed by atoms with Crippen molar-refractivity contribution in [1.82, 2.24) is 10.2 Å². The third kappa shape index (κ3) is 3.09. The average Bonchev–Trinajstić information content (AvgIpc) is 3.06. The van der Waals surface area contributed by atoms with E-state index in [1.807, 2.05) is 0 Å². The van der Waals surface area contributed by atoms with Crippen molar-refractivity contribution >= 4 is 33.5 Å². The normalized spacial score (nSPS) is 14.4. The van der Waals surface area contributed by atoms with Gasteiger partial charge in [0.05, 0.1) is 5.69 Å². The van der Waals surface area contributed by atoms with Crippen molar-refractivity contribution in [3.05, 3.63) is 23.2 Å². The van der Waals surface area contributed by atoms with Gasteiger partial charge in [-0.25, -0.2) is 0 Å². The standard InChI is InChI=1S/C15H20N6S/c1-3-16-12-9-14-11(6-5-7-21(14)4-2)8-13(12)18-20-15-19-17-10-22-15/h8-10,16H,3-7H2,1-2H3. The summed E-state index contributed by atoms with van der Waals surface area (Å²) in [4.78, 5) is 2.42. The highest BCUT2D eigenvalue weighted by molar-refractivity contribution is 7.13. The van der Waals surface area contributed by atoms with E-state index in [0.29, 0.717) is 5.13 Å². The highest BCUT2D eigenvalue weighted by Crippen LogP contribution is 2.37. The van der Waals surface area contributed by atoms with Gasteiger partial charge in [0.2, 0.25) is 0 Å². The molecule has 7 heteroatoms. The zero-order valence-electron chi connectivity index (χ0n) is 12.9. The van der Waals surface area contributed by atoms with Gasteiger partial charge in [0.1, 0.15) is 11.2 Å². The van der Waals surface area contributed by atoms with E-state index >= 15 is 0 Å². The van der Waals surface area contributed by atoms with Gasteiger partial charge in [-0.3, -0.25) is 0 Å². The van der Waals surface area contributed by atoms with Gasteiger partial charge >= 0.3 is 0 Å². The largest absolute Gasteiger partial charge is 0.383 e. The Kier molecular flexibility index (Phi) is 4.62. The summed E-state index contributed by atoms with van der Waals surface area (Å²) < 4.78 is 0. The van der Waals surface area contributed by atoms with E-state index in [0.717, 1.165) is 37.4 Å². The second-order valence-electron chi connectivity index (χ2n) is 5.13. The highest BCUT2D eigenvalue weighted by atomic mass is 32.1. The summed E-state index contributed by atoms with van der Waals surface area (Å²) in [6.45, 7) is 7.30. The lowest BCUT2D eigenvalue weighted by atomic mass is 10.00. The first kappa shape index (κ1) is 14.9. The molecule has 3 rings (SSSR count). The molecular weight excluding hydrogens is 296 g/mol. The van der Waals surface area contributed by atoms with Crippen molar-refractivity contribution in [3.8, 4) is 0 Å². The monoisotopic (exact) mass is 316 g/mol. The molecule has 0 unspecified atom stereocenters. The number of benzene rings is 1. The summed E-state index contributed by atoms with van der Waals surface area (Å²) in [7, 11) is 0.